The molecule has 8 nitrogen and oxygen atoms in total. The number of alkyl halides is 2. The minimum atomic E-state index is -3.67. The zero-order valence-electron chi connectivity index (χ0n) is 15.5. The van der Waals surface area contributed by atoms with Crippen molar-refractivity contribution in [2.45, 2.75) is 6.29 Å². The molecule has 1 saturated heterocycles. The number of ether oxygens (including phenoxy) is 2. The third kappa shape index (κ3) is 4.05. The van der Waals surface area contributed by atoms with Gasteiger partial charge in [-0.15, -0.1) is 8.78 Å². The van der Waals surface area contributed by atoms with E-state index in [1.54, 1.807) is 40.0 Å². The van der Waals surface area contributed by atoms with Crippen molar-refractivity contribution in [1.29, 1.82) is 0 Å². The lowest BCUT2D eigenvalue weighted by atomic mass is 10.2. The summed E-state index contributed by atoms with van der Waals surface area (Å²) < 4.78 is 36.6. The standard InChI is InChI=1S/C19H18F2N4O4/c1-23-11-14(22-12-23)18(27)25-8-6-24(7-9-25)17(26)5-3-13-2-4-15-16(10-13)29-19(20,21)28-15/h2-5,10-12H,6-9H2,1H3/b5-3+. The number of benzene rings is 1. The summed E-state index contributed by atoms with van der Waals surface area (Å²) in [6, 6.07) is 4.29. The summed E-state index contributed by atoms with van der Waals surface area (Å²) in [5.74, 6) is -0.512. The van der Waals surface area contributed by atoms with Crippen LogP contribution in [-0.2, 0) is 11.8 Å². The Bertz CT molecular complexity index is 980. The van der Waals surface area contributed by atoms with Crippen LogP contribution in [0.1, 0.15) is 16.1 Å². The van der Waals surface area contributed by atoms with Crippen LogP contribution in [0.15, 0.2) is 36.8 Å². The number of hydrogen-bond acceptors (Lipinski definition) is 5. The molecular formula is C19H18F2N4O4. The van der Waals surface area contributed by atoms with Crippen LogP contribution < -0.4 is 9.47 Å². The molecule has 152 valence electrons. The first-order chi connectivity index (χ1) is 13.8. The third-order valence-corrected chi connectivity index (χ3v) is 4.65. The van der Waals surface area contributed by atoms with Crippen LogP contribution in [0.2, 0.25) is 0 Å². The SMILES string of the molecule is Cn1cnc(C(=O)N2CCN(C(=O)/C=C/c3ccc4c(c3)OC(F)(F)O4)CC2)c1. The highest BCUT2D eigenvalue weighted by Crippen LogP contribution is 2.41. The quantitative estimate of drug-likeness (QED) is 0.729. The van der Waals surface area contributed by atoms with Gasteiger partial charge in [-0.1, -0.05) is 6.07 Å². The Labute approximate surface area is 164 Å². The molecular weight excluding hydrogens is 386 g/mol. The van der Waals surface area contributed by atoms with Gasteiger partial charge in [0.15, 0.2) is 11.5 Å². The zero-order valence-corrected chi connectivity index (χ0v) is 15.5. The lowest BCUT2D eigenvalue weighted by Gasteiger charge is -2.33. The van der Waals surface area contributed by atoms with Crippen LogP contribution in [0.4, 0.5) is 8.78 Å². The Morgan fingerprint density at radius 2 is 1.79 bits per heavy atom. The van der Waals surface area contributed by atoms with Gasteiger partial charge in [0.2, 0.25) is 5.91 Å². The molecule has 0 radical (unpaired) electrons. The second-order valence-electron chi connectivity index (χ2n) is 6.75. The average Bonchev–Trinajstić information content (AvgIpc) is 3.26. The highest BCUT2D eigenvalue weighted by Gasteiger charge is 2.43. The fourth-order valence-corrected chi connectivity index (χ4v) is 3.16. The molecule has 0 spiro atoms. The third-order valence-electron chi connectivity index (χ3n) is 4.65. The summed E-state index contributed by atoms with van der Waals surface area (Å²) in [7, 11) is 1.79. The molecule has 0 unspecified atom stereocenters. The highest BCUT2D eigenvalue weighted by atomic mass is 19.3. The maximum Gasteiger partial charge on any atom is 0.586 e. The van der Waals surface area contributed by atoms with Gasteiger partial charge in [0, 0.05) is 45.5 Å². The first-order valence-corrected chi connectivity index (χ1v) is 8.95. The summed E-state index contributed by atoms with van der Waals surface area (Å²) in [4.78, 5) is 32.1. The van der Waals surface area contributed by atoms with Gasteiger partial charge in [-0.2, -0.15) is 0 Å². The van der Waals surface area contributed by atoms with Crippen LogP contribution in [0.25, 0.3) is 6.08 Å². The van der Waals surface area contributed by atoms with Gasteiger partial charge in [-0.05, 0) is 23.8 Å². The maximum atomic E-state index is 13.1. The molecule has 4 rings (SSSR count). The van der Waals surface area contributed by atoms with Crippen molar-refractivity contribution >= 4 is 17.9 Å². The predicted octanol–water partition coefficient (Wildman–Crippen LogP) is 1.74. The Morgan fingerprint density at radius 1 is 1.10 bits per heavy atom. The van der Waals surface area contributed by atoms with Crippen LogP contribution in [0, 0.1) is 0 Å². The van der Waals surface area contributed by atoms with Crippen molar-refractivity contribution in [3.63, 3.8) is 0 Å². The minimum absolute atomic E-state index is 0.0489. The number of aromatic nitrogens is 2. The number of amides is 2. The monoisotopic (exact) mass is 404 g/mol. The molecule has 0 atom stereocenters. The van der Waals surface area contributed by atoms with E-state index in [2.05, 4.69) is 14.5 Å². The van der Waals surface area contributed by atoms with Crippen LogP contribution >= 0.6 is 0 Å². The van der Waals surface area contributed by atoms with Crippen molar-refractivity contribution in [3.8, 4) is 11.5 Å². The van der Waals surface area contributed by atoms with Crippen LogP contribution in [0.5, 0.6) is 11.5 Å². The molecule has 1 fully saturated rings. The minimum Gasteiger partial charge on any atom is -0.395 e. The van der Waals surface area contributed by atoms with E-state index in [0.29, 0.717) is 37.4 Å². The summed E-state index contributed by atoms with van der Waals surface area (Å²) in [5, 5.41) is 0. The number of halogens is 2. The van der Waals surface area contributed by atoms with E-state index in [1.807, 2.05) is 0 Å². The number of hydrogen-bond donors (Lipinski definition) is 0. The number of aryl methyl sites for hydroxylation is 1. The summed E-state index contributed by atoms with van der Waals surface area (Å²) >= 11 is 0. The van der Waals surface area contributed by atoms with E-state index >= 15 is 0 Å². The number of fused-ring (bicyclic) bond motifs is 1. The van der Waals surface area contributed by atoms with Gasteiger partial charge in [-0.3, -0.25) is 9.59 Å². The van der Waals surface area contributed by atoms with E-state index < -0.39 is 6.29 Å². The molecule has 2 aromatic rings. The fraction of sp³-hybridized carbons (Fsp3) is 0.316. The molecule has 0 aliphatic carbocycles. The highest BCUT2D eigenvalue weighted by molar-refractivity contribution is 5.93. The van der Waals surface area contributed by atoms with E-state index in [0.717, 1.165) is 0 Å². The van der Waals surface area contributed by atoms with Gasteiger partial charge in [0.05, 0.1) is 6.33 Å². The molecule has 10 heteroatoms. The Balaban J connectivity index is 1.33. The largest absolute Gasteiger partial charge is 0.586 e. The van der Waals surface area contributed by atoms with E-state index in [9.17, 15) is 18.4 Å². The second kappa shape index (κ2) is 7.19. The van der Waals surface area contributed by atoms with E-state index in [1.165, 1.54) is 24.3 Å². The predicted molar refractivity (Wildman–Crippen MR) is 97.4 cm³/mol. The molecule has 1 aromatic heterocycles. The Kier molecular flexibility index (Phi) is 4.69. The second-order valence-corrected chi connectivity index (χ2v) is 6.75. The van der Waals surface area contributed by atoms with Gasteiger partial charge in [0.1, 0.15) is 5.69 Å². The molecule has 2 amide bonds. The molecule has 0 bridgehead atoms. The number of nitrogens with zero attached hydrogens (tertiary/aromatic N) is 4. The van der Waals surface area contributed by atoms with Gasteiger partial charge >= 0.3 is 6.29 Å². The van der Waals surface area contributed by atoms with Crippen molar-refractivity contribution in [2.24, 2.45) is 7.05 Å². The molecule has 0 saturated carbocycles. The first kappa shape index (κ1) is 18.9. The van der Waals surface area contributed by atoms with Gasteiger partial charge in [0.25, 0.3) is 5.91 Å². The van der Waals surface area contributed by atoms with Gasteiger partial charge in [-0.25, -0.2) is 4.98 Å². The van der Waals surface area contributed by atoms with Crippen molar-refractivity contribution < 1.29 is 27.8 Å². The number of carbonyl (C=O) groups excluding carboxylic acids is 2. The first-order valence-electron chi connectivity index (χ1n) is 8.95. The smallest absolute Gasteiger partial charge is 0.395 e. The van der Waals surface area contributed by atoms with E-state index in [4.69, 9.17) is 0 Å². The van der Waals surface area contributed by atoms with Crippen LogP contribution in [0.3, 0.4) is 0 Å². The van der Waals surface area contributed by atoms with Crippen molar-refractivity contribution in [2.75, 3.05) is 26.2 Å². The van der Waals surface area contributed by atoms with Crippen molar-refractivity contribution in [1.82, 2.24) is 19.4 Å². The summed E-state index contributed by atoms with van der Waals surface area (Å²) in [6.45, 7) is 1.62. The molecule has 3 heterocycles. The molecule has 1 aromatic carbocycles. The van der Waals surface area contributed by atoms with Crippen LogP contribution in [-0.4, -0.2) is 63.6 Å². The number of carbonyl (C=O) groups is 2. The Morgan fingerprint density at radius 3 is 2.48 bits per heavy atom. The maximum absolute atomic E-state index is 13.1. The lowest BCUT2D eigenvalue weighted by Crippen LogP contribution is -2.50. The normalized spacial score (nSPS) is 17.8. The molecule has 2 aliphatic heterocycles. The molecule has 0 N–H and O–H groups in total. The van der Waals surface area contributed by atoms with Crippen molar-refractivity contribution in [3.05, 3.63) is 48.1 Å². The zero-order chi connectivity index (χ0) is 20.6. The topological polar surface area (TPSA) is 76.9 Å². The average molecular weight is 404 g/mol. The number of rotatable bonds is 3. The van der Waals surface area contributed by atoms with E-state index in [-0.39, 0.29) is 23.3 Å². The van der Waals surface area contributed by atoms with Gasteiger partial charge < -0.3 is 23.8 Å². The summed E-state index contributed by atoms with van der Waals surface area (Å²) in [5.41, 5.74) is 0.905. The fourth-order valence-electron chi connectivity index (χ4n) is 3.16. The molecule has 2 aliphatic rings. The Hall–Kier alpha value is -3.43. The molecule has 29 heavy (non-hydrogen) atoms. The summed E-state index contributed by atoms with van der Waals surface area (Å²) in [6.07, 6.45) is 2.44. The number of piperazine rings is 1. The number of imidazole rings is 1. The lowest BCUT2D eigenvalue weighted by molar-refractivity contribution is -0.286.